The molecule has 35 heavy (non-hydrogen) atoms. The maximum absolute atomic E-state index is 12.1. The first-order chi connectivity index (χ1) is 17.1. The molecule has 188 valence electrons. The number of carbonyl (C=O) groups excluding carboxylic acids is 2. The van der Waals surface area contributed by atoms with E-state index in [4.69, 9.17) is 18.9 Å². The van der Waals surface area contributed by atoms with E-state index in [1.807, 2.05) is 41.3 Å². The molecule has 0 amide bonds. The Morgan fingerprint density at radius 1 is 1.00 bits per heavy atom. The van der Waals surface area contributed by atoms with Crippen molar-refractivity contribution in [3.8, 4) is 5.75 Å². The van der Waals surface area contributed by atoms with E-state index in [0.29, 0.717) is 26.1 Å². The second-order valence-electron chi connectivity index (χ2n) is 9.22. The summed E-state index contributed by atoms with van der Waals surface area (Å²) >= 11 is 0. The molecular weight excluding hydrogens is 446 g/mol. The maximum Gasteiger partial charge on any atom is 0.422 e. The lowest BCUT2D eigenvalue weighted by Gasteiger charge is -2.48. The van der Waals surface area contributed by atoms with Gasteiger partial charge in [0.2, 0.25) is 0 Å². The number of para-hydroxylation sites is 1. The topological polar surface area (TPSA) is 74.3 Å². The number of nitrogens with zero attached hydrogens (tertiary/aromatic N) is 1. The van der Waals surface area contributed by atoms with Crippen LogP contribution in [0.1, 0.15) is 50.2 Å². The molecule has 7 heteroatoms. The second-order valence-corrected chi connectivity index (χ2v) is 9.22. The van der Waals surface area contributed by atoms with Gasteiger partial charge in [0, 0.05) is 26.6 Å². The van der Waals surface area contributed by atoms with Crippen molar-refractivity contribution in [3.63, 3.8) is 0 Å². The molecule has 2 aromatic rings. The minimum absolute atomic E-state index is 0.00223. The van der Waals surface area contributed by atoms with Crippen molar-refractivity contribution >= 4 is 11.9 Å². The van der Waals surface area contributed by atoms with Crippen LogP contribution in [-0.2, 0) is 30.2 Å². The summed E-state index contributed by atoms with van der Waals surface area (Å²) in [6, 6.07) is 18.4. The van der Waals surface area contributed by atoms with E-state index in [9.17, 15) is 9.59 Å². The number of benzene rings is 2. The van der Waals surface area contributed by atoms with Crippen LogP contribution in [0, 0.1) is 5.92 Å². The molecular formula is C28H35NO6. The van der Waals surface area contributed by atoms with Gasteiger partial charge in [0.05, 0.1) is 6.61 Å². The summed E-state index contributed by atoms with van der Waals surface area (Å²) in [7, 11) is 1.57. The van der Waals surface area contributed by atoms with Gasteiger partial charge in [-0.05, 0) is 42.4 Å². The van der Waals surface area contributed by atoms with Crippen molar-refractivity contribution in [2.75, 3.05) is 26.8 Å². The fraction of sp³-hybridized carbons (Fsp3) is 0.500. The van der Waals surface area contributed by atoms with E-state index in [1.165, 1.54) is 5.56 Å². The lowest BCUT2D eigenvalue weighted by atomic mass is 9.87. The quantitative estimate of drug-likeness (QED) is 0.269. The number of ether oxygens (including phenoxy) is 4. The van der Waals surface area contributed by atoms with Crippen LogP contribution in [-0.4, -0.2) is 55.7 Å². The number of hydrogen-bond donors (Lipinski definition) is 0. The van der Waals surface area contributed by atoms with Crippen molar-refractivity contribution in [2.24, 2.45) is 5.92 Å². The largest absolute Gasteiger partial charge is 0.493 e. The van der Waals surface area contributed by atoms with Gasteiger partial charge < -0.3 is 18.9 Å². The van der Waals surface area contributed by atoms with Crippen LogP contribution < -0.4 is 4.74 Å². The number of hydrogen-bond acceptors (Lipinski definition) is 7. The minimum Gasteiger partial charge on any atom is -0.493 e. The van der Waals surface area contributed by atoms with Crippen molar-refractivity contribution in [1.82, 2.24) is 4.90 Å². The van der Waals surface area contributed by atoms with Crippen LogP contribution in [0.2, 0.25) is 0 Å². The number of unbranched alkanes of at least 4 members (excludes halogenated alkanes) is 2. The molecule has 2 aromatic carbocycles. The predicted octanol–water partition coefficient (Wildman–Crippen LogP) is 4.33. The fourth-order valence-electron chi connectivity index (χ4n) is 5.11. The Morgan fingerprint density at radius 2 is 1.71 bits per heavy atom. The van der Waals surface area contributed by atoms with Crippen LogP contribution >= 0.6 is 0 Å². The molecule has 4 rings (SSSR count). The highest BCUT2D eigenvalue weighted by atomic mass is 16.8. The first-order valence-electron chi connectivity index (χ1n) is 12.6. The Labute approximate surface area is 207 Å². The molecule has 2 atom stereocenters. The van der Waals surface area contributed by atoms with Gasteiger partial charge in [0.15, 0.2) is 6.10 Å². The molecule has 2 fully saturated rings. The summed E-state index contributed by atoms with van der Waals surface area (Å²) in [5, 5.41) is 0. The Kier molecular flexibility index (Phi) is 8.42. The molecule has 1 spiro atoms. The van der Waals surface area contributed by atoms with Crippen LogP contribution in [0.4, 0.5) is 0 Å². The van der Waals surface area contributed by atoms with Crippen molar-refractivity contribution in [2.45, 2.75) is 57.5 Å². The average molecular weight is 482 g/mol. The van der Waals surface area contributed by atoms with Gasteiger partial charge in [0.25, 0.3) is 0 Å². The predicted molar refractivity (Wildman–Crippen MR) is 131 cm³/mol. The number of carbonyl (C=O) groups is 2. The summed E-state index contributed by atoms with van der Waals surface area (Å²) < 4.78 is 23.2. The van der Waals surface area contributed by atoms with E-state index < -0.39 is 24.0 Å². The third-order valence-electron chi connectivity index (χ3n) is 6.88. The third-order valence-corrected chi connectivity index (χ3v) is 6.88. The van der Waals surface area contributed by atoms with Crippen LogP contribution in [0.25, 0.3) is 0 Å². The zero-order valence-electron chi connectivity index (χ0n) is 20.6. The smallest absolute Gasteiger partial charge is 0.422 e. The van der Waals surface area contributed by atoms with E-state index >= 15 is 0 Å². The van der Waals surface area contributed by atoms with E-state index in [0.717, 1.165) is 43.4 Å². The number of likely N-dealkylation sites (tertiary alicyclic amines) is 1. The molecule has 2 aliphatic rings. The van der Waals surface area contributed by atoms with Gasteiger partial charge in [-0.2, -0.15) is 0 Å². The molecule has 2 aliphatic heterocycles. The highest BCUT2D eigenvalue weighted by Crippen LogP contribution is 2.41. The highest BCUT2D eigenvalue weighted by molar-refractivity contribution is 6.31. The van der Waals surface area contributed by atoms with Gasteiger partial charge in [0.1, 0.15) is 5.75 Å². The zero-order chi connectivity index (χ0) is 24.7. The van der Waals surface area contributed by atoms with Gasteiger partial charge >= 0.3 is 17.8 Å². The molecule has 0 N–H and O–H groups in total. The Bertz CT molecular complexity index is 978. The molecule has 0 bridgehead atoms. The normalized spacial score (nSPS) is 21.7. The lowest BCUT2D eigenvalue weighted by Crippen LogP contribution is -2.65. The van der Waals surface area contributed by atoms with Crippen LogP contribution in [0.5, 0.6) is 5.75 Å². The summed E-state index contributed by atoms with van der Waals surface area (Å²) in [5.41, 5.74) is 2.35. The summed E-state index contributed by atoms with van der Waals surface area (Å²) in [5.74, 6) is -2.55. The van der Waals surface area contributed by atoms with Gasteiger partial charge in [-0.3, -0.25) is 0 Å². The van der Waals surface area contributed by atoms with Gasteiger partial charge in [-0.25, -0.2) is 14.5 Å². The van der Waals surface area contributed by atoms with Gasteiger partial charge in [-0.1, -0.05) is 68.3 Å². The first-order valence-corrected chi connectivity index (χ1v) is 12.6. The molecule has 7 nitrogen and oxygen atoms in total. The highest BCUT2D eigenvalue weighted by Gasteiger charge is 2.62. The number of esters is 2. The molecule has 0 radical (unpaired) electrons. The number of methoxy groups -OCH3 is 1. The molecule has 2 saturated heterocycles. The molecule has 0 aliphatic carbocycles. The molecule has 0 saturated carbocycles. The SMILES string of the molecule is CCCCCN1CCC(CCOc2ccccc2Cc2ccccc2)C(OC)C12OC(=O)C(=O)O2. The average Bonchev–Trinajstić information content (AvgIpc) is 3.16. The minimum atomic E-state index is -1.50. The first kappa shape index (κ1) is 25.2. The summed E-state index contributed by atoms with van der Waals surface area (Å²) in [4.78, 5) is 26.1. The maximum atomic E-state index is 12.1. The molecule has 2 heterocycles. The Hall–Kier alpha value is -2.90. The number of rotatable bonds is 11. The summed E-state index contributed by atoms with van der Waals surface area (Å²) in [6.07, 6.45) is 4.76. The second kappa shape index (κ2) is 11.7. The van der Waals surface area contributed by atoms with Crippen LogP contribution in [0.15, 0.2) is 54.6 Å². The molecule has 0 aromatic heterocycles. The van der Waals surface area contributed by atoms with E-state index in [-0.39, 0.29) is 5.92 Å². The molecule has 2 unspecified atom stereocenters. The fourth-order valence-corrected chi connectivity index (χ4v) is 5.11. The summed E-state index contributed by atoms with van der Waals surface area (Å²) in [6.45, 7) is 3.93. The lowest BCUT2D eigenvalue weighted by molar-refractivity contribution is -0.322. The van der Waals surface area contributed by atoms with E-state index in [1.54, 1.807) is 7.11 Å². The van der Waals surface area contributed by atoms with Crippen molar-refractivity contribution < 1.29 is 28.5 Å². The Balaban J connectivity index is 1.43. The monoisotopic (exact) mass is 481 g/mol. The zero-order valence-corrected chi connectivity index (χ0v) is 20.6. The van der Waals surface area contributed by atoms with Crippen molar-refractivity contribution in [1.29, 1.82) is 0 Å². The standard InChI is InChI=1S/C28H35NO6/c1-3-4-10-17-29-18-15-22(25(32-2)28(29)34-26(30)27(31)35-28)16-19-33-24-14-9-8-13-23(24)20-21-11-6-5-7-12-21/h5-9,11-14,22,25H,3-4,10,15-20H2,1-2H3. The van der Waals surface area contributed by atoms with Crippen LogP contribution in [0.3, 0.4) is 0 Å². The third kappa shape index (κ3) is 5.68. The number of piperidine rings is 1. The van der Waals surface area contributed by atoms with Gasteiger partial charge in [-0.15, -0.1) is 0 Å². The van der Waals surface area contributed by atoms with Crippen molar-refractivity contribution in [3.05, 3.63) is 65.7 Å². The van der Waals surface area contributed by atoms with E-state index in [2.05, 4.69) is 25.1 Å². The Morgan fingerprint density at radius 3 is 2.43 bits per heavy atom.